The molecule has 1 aromatic carbocycles. The molecule has 3 nitrogen and oxygen atoms in total. The summed E-state index contributed by atoms with van der Waals surface area (Å²) >= 11 is 5.84. The molecule has 0 N–H and O–H groups in total. The summed E-state index contributed by atoms with van der Waals surface area (Å²) in [6.07, 6.45) is 0.894. The maximum Gasteiger partial charge on any atom is 0.240 e. The van der Waals surface area contributed by atoms with Crippen LogP contribution in [0.3, 0.4) is 0 Å². The molecular weight excluding hydrogens is 248 g/mol. The van der Waals surface area contributed by atoms with Gasteiger partial charge in [0.05, 0.1) is 11.6 Å². The van der Waals surface area contributed by atoms with E-state index >= 15 is 0 Å². The Morgan fingerprint density at radius 3 is 2.50 bits per heavy atom. The van der Waals surface area contributed by atoms with E-state index in [1.807, 2.05) is 19.1 Å². The molecule has 0 aliphatic heterocycles. The largest absolute Gasteiger partial charge is 0.337 e. The van der Waals surface area contributed by atoms with Crippen LogP contribution in [0, 0.1) is 11.3 Å². The number of carbonyl (C=O) groups is 1. The predicted octanol–water partition coefficient (Wildman–Crippen LogP) is 2.92. The number of rotatable bonds is 5. The molecule has 0 aliphatic rings. The number of hydrogen-bond donors (Lipinski definition) is 0. The molecule has 0 aliphatic carbocycles. The number of alkyl halides is 1. The first-order valence-corrected chi connectivity index (χ1v) is 6.44. The van der Waals surface area contributed by atoms with Crippen molar-refractivity contribution in [1.82, 2.24) is 4.90 Å². The minimum atomic E-state index is -0.505. The van der Waals surface area contributed by atoms with Crippen LogP contribution in [0.15, 0.2) is 24.3 Å². The van der Waals surface area contributed by atoms with Crippen molar-refractivity contribution >= 4 is 17.5 Å². The van der Waals surface area contributed by atoms with Crippen LogP contribution in [0.4, 0.5) is 0 Å². The first kappa shape index (κ1) is 14.5. The van der Waals surface area contributed by atoms with Gasteiger partial charge in [0.1, 0.15) is 5.38 Å². The number of nitrogens with zero attached hydrogens (tertiary/aromatic N) is 2. The number of benzene rings is 1. The van der Waals surface area contributed by atoms with Crippen LogP contribution < -0.4 is 0 Å². The number of carbonyl (C=O) groups excluding carboxylic acids is 1. The lowest BCUT2D eigenvalue weighted by Gasteiger charge is -2.23. The van der Waals surface area contributed by atoms with Gasteiger partial charge >= 0.3 is 0 Å². The highest BCUT2D eigenvalue weighted by Crippen LogP contribution is 2.10. The van der Waals surface area contributed by atoms with Crippen molar-refractivity contribution in [1.29, 1.82) is 5.26 Å². The van der Waals surface area contributed by atoms with Gasteiger partial charge in [-0.1, -0.05) is 19.1 Å². The number of hydrogen-bond acceptors (Lipinski definition) is 2. The molecule has 0 fully saturated rings. The Kier molecular flexibility index (Phi) is 5.67. The van der Waals surface area contributed by atoms with E-state index in [-0.39, 0.29) is 5.91 Å². The number of halogens is 1. The van der Waals surface area contributed by atoms with Crippen LogP contribution in [0.2, 0.25) is 0 Å². The van der Waals surface area contributed by atoms with Crippen molar-refractivity contribution in [3.05, 3.63) is 35.4 Å². The zero-order valence-electron chi connectivity index (χ0n) is 10.7. The summed E-state index contributed by atoms with van der Waals surface area (Å²) in [5.74, 6) is -0.0529. The first-order chi connectivity index (χ1) is 8.58. The van der Waals surface area contributed by atoms with Crippen molar-refractivity contribution in [2.45, 2.75) is 32.2 Å². The molecule has 0 heterocycles. The van der Waals surface area contributed by atoms with Crippen LogP contribution in [0.5, 0.6) is 0 Å². The maximum atomic E-state index is 11.9. The summed E-state index contributed by atoms with van der Waals surface area (Å²) in [6, 6.07) is 9.32. The second-order valence-corrected chi connectivity index (χ2v) is 4.84. The molecule has 18 heavy (non-hydrogen) atoms. The lowest BCUT2D eigenvalue weighted by Crippen LogP contribution is -2.35. The molecule has 1 atom stereocenters. The third-order valence-corrected chi connectivity index (χ3v) is 2.79. The van der Waals surface area contributed by atoms with Crippen molar-refractivity contribution in [3.8, 4) is 6.07 Å². The Bertz CT molecular complexity index is 434. The maximum absolute atomic E-state index is 11.9. The smallest absolute Gasteiger partial charge is 0.240 e. The van der Waals surface area contributed by atoms with E-state index in [4.69, 9.17) is 16.9 Å². The zero-order chi connectivity index (χ0) is 13.5. The van der Waals surface area contributed by atoms with Gasteiger partial charge in [0.2, 0.25) is 5.91 Å². The summed E-state index contributed by atoms with van der Waals surface area (Å²) in [5.41, 5.74) is 1.63. The standard InChI is InChI=1S/C14H17ClN2O/c1-3-8-17(14(18)11(2)15)10-13-6-4-12(9-16)5-7-13/h4-7,11H,3,8,10H2,1-2H3. The van der Waals surface area contributed by atoms with Gasteiger partial charge in [-0.05, 0) is 31.0 Å². The molecule has 4 heteroatoms. The molecule has 1 unspecified atom stereocenters. The molecule has 1 aromatic rings. The molecule has 0 saturated carbocycles. The lowest BCUT2D eigenvalue weighted by atomic mass is 10.1. The van der Waals surface area contributed by atoms with E-state index in [1.54, 1.807) is 24.0 Å². The molecule has 0 spiro atoms. The normalized spacial score (nSPS) is 11.7. The van der Waals surface area contributed by atoms with Gasteiger partial charge in [-0.25, -0.2) is 0 Å². The van der Waals surface area contributed by atoms with Crippen LogP contribution in [-0.4, -0.2) is 22.7 Å². The zero-order valence-corrected chi connectivity index (χ0v) is 11.4. The number of nitriles is 1. The summed E-state index contributed by atoms with van der Waals surface area (Å²) in [6.45, 7) is 4.94. The fourth-order valence-electron chi connectivity index (χ4n) is 1.69. The van der Waals surface area contributed by atoms with Gasteiger partial charge in [-0.2, -0.15) is 5.26 Å². The molecule has 0 radical (unpaired) electrons. The average molecular weight is 265 g/mol. The van der Waals surface area contributed by atoms with Gasteiger partial charge in [-0.15, -0.1) is 11.6 Å². The molecule has 0 saturated heterocycles. The van der Waals surface area contributed by atoms with E-state index < -0.39 is 5.38 Å². The Balaban J connectivity index is 2.76. The summed E-state index contributed by atoms with van der Waals surface area (Å²) in [4.78, 5) is 13.7. The van der Waals surface area contributed by atoms with Crippen LogP contribution >= 0.6 is 11.6 Å². The van der Waals surface area contributed by atoms with Crippen molar-refractivity contribution < 1.29 is 4.79 Å². The van der Waals surface area contributed by atoms with E-state index in [9.17, 15) is 4.79 Å². The second kappa shape index (κ2) is 7.03. The van der Waals surface area contributed by atoms with Gasteiger partial charge in [0.25, 0.3) is 0 Å². The van der Waals surface area contributed by atoms with Gasteiger partial charge in [0.15, 0.2) is 0 Å². The monoisotopic (exact) mass is 264 g/mol. The third kappa shape index (κ3) is 4.05. The van der Waals surface area contributed by atoms with Crippen molar-refractivity contribution in [2.24, 2.45) is 0 Å². The Hall–Kier alpha value is -1.53. The van der Waals surface area contributed by atoms with Crippen LogP contribution in [-0.2, 0) is 11.3 Å². The molecular formula is C14H17ClN2O. The molecule has 96 valence electrons. The first-order valence-electron chi connectivity index (χ1n) is 6.00. The SMILES string of the molecule is CCCN(Cc1ccc(C#N)cc1)C(=O)C(C)Cl. The lowest BCUT2D eigenvalue weighted by molar-refractivity contribution is -0.131. The van der Waals surface area contributed by atoms with Crippen molar-refractivity contribution in [3.63, 3.8) is 0 Å². The highest BCUT2D eigenvalue weighted by atomic mass is 35.5. The van der Waals surface area contributed by atoms with Crippen LogP contribution in [0.25, 0.3) is 0 Å². The minimum Gasteiger partial charge on any atom is -0.337 e. The summed E-state index contributed by atoms with van der Waals surface area (Å²) in [7, 11) is 0. The van der Waals surface area contributed by atoms with E-state index in [2.05, 4.69) is 6.07 Å². The van der Waals surface area contributed by atoms with Crippen molar-refractivity contribution in [2.75, 3.05) is 6.54 Å². The highest BCUT2D eigenvalue weighted by Gasteiger charge is 2.17. The molecule has 1 amide bonds. The second-order valence-electron chi connectivity index (χ2n) is 4.18. The van der Waals surface area contributed by atoms with Gasteiger partial charge in [0, 0.05) is 13.1 Å². The Morgan fingerprint density at radius 1 is 1.44 bits per heavy atom. The van der Waals surface area contributed by atoms with E-state index in [1.165, 1.54) is 0 Å². The minimum absolute atomic E-state index is 0.0529. The fourth-order valence-corrected chi connectivity index (χ4v) is 1.83. The Labute approximate surface area is 113 Å². The van der Waals surface area contributed by atoms with Gasteiger partial charge in [-0.3, -0.25) is 4.79 Å². The molecule has 0 aromatic heterocycles. The Morgan fingerprint density at radius 2 is 2.06 bits per heavy atom. The highest BCUT2D eigenvalue weighted by molar-refractivity contribution is 6.30. The predicted molar refractivity (Wildman–Crippen MR) is 72.2 cm³/mol. The van der Waals surface area contributed by atoms with Gasteiger partial charge < -0.3 is 4.90 Å². The molecule has 0 bridgehead atoms. The topological polar surface area (TPSA) is 44.1 Å². The van der Waals surface area contributed by atoms with Crippen LogP contribution in [0.1, 0.15) is 31.4 Å². The summed E-state index contributed by atoms with van der Waals surface area (Å²) in [5, 5.41) is 8.22. The van der Waals surface area contributed by atoms with E-state index in [0.29, 0.717) is 18.7 Å². The third-order valence-electron chi connectivity index (χ3n) is 2.60. The fraction of sp³-hybridized carbons (Fsp3) is 0.429. The quantitative estimate of drug-likeness (QED) is 0.768. The van der Waals surface area contributed by atoms with E-state index in [0.717, 1.165) is 12.0 Å². The molecule has 1 rings (SSSR count). The summed E-state index contributed by atoms with van der Waals surface area (Å²) < 4.78 is 0. The number of amides is 1. The average Bonchev–Trinajstić information content (AvgIpc) is 2.38.